The number of hydrogen-bond acceptors (Lipinski definition) is 4. The predicted octanol–water partition coefficient (Wildman–Crippen LogP) is 13.9. The molecule has 6 heteroatoms. The average Bonchev–Trinajstić information content (AvgIpc) is 3.73. The molecule has 4 heterocycles. The number of pyridine rings is 3. The third-order valence-electron chi connectivity index (χ3n) is 12.3. The second-order valence-electron chi connectivity index (χ2n) is 16.5. The van der Waals surface area contributed by atoms with E-state index in [-0.39, 0.29) is 47.6 Å². The summed E-state index contributed by atoms with van der Waals surface area (Å²) < 4.78 is 74.6. The van der Waals surface area contributed by atoms with Gasteiger partial charge in [-0.1, -0.05) is 87.7 Å². The number of aromatic nitrogens is 3. The van der Waals surface area contributed by atoms with Gasteiger partial charge in [-0.05, 0) is 112 Å². The Balaban J connectivity index is 0.00000642. The summed E-state index contributed by atoms with van der Waals surface area (Å²) in [6.45, 7) is 8.68. The van der Waals surface area contributed by atoms with Crippen LogP contribution in [0, 0.1) is 24.0 Å². The predicted molar refractivity (Wildman–Crippen MR) is 249 cm³/mol. The van der Waals surface area contributed by atoms with Gasteiger partial charge in [0.05, 0.1) is 8.32 Å². The van der Waals surface area contributed by atoms with E-state index in [1.807, 2.05) is 85.2 Å². The molecule has 9 rings (SSSR count). The third kappa shape index (κ3) is 9.49. The molecule has 0 saturated heterocycles. The van der Waals surface area contributed by atoms with Gasteiger partial charge in [-0.3, -0.25) is 0 Å². The van der Waals surface area contributed by atoms with Crippen molar-refractivity contribution in [1.29, 1.82) is 0 Å². The Morgan fingerprint density at radius 1 is 0.603 bits per heavy atom. The molecule has 63 heavy (non-hydrogen) atoms. The van der Waals surface area contributed by atoms with Crippen LogP contribution in [0.25, 0.3) is 55.7 Å². The van der Waals surface area contributed by atoms with Crippen LogP contribution in [-0.4, -0.2) is 15.0 Å². The molecule has 0 fully saturated rings. The van der Waals surface area contributed by atoms with Crippen molar-refractivity contribution < 1.29 is 37.1 Å². The minimum Gasteiger partial charge on any atom is -0.500 e. The van der Waals surface area contributed by atoms with Crippen molar-refractivity contribution >= 4 is 21.9 Å². The van der Waals surface area contributed by atoms with Crippen molar-refractivity contribution in [2.24, 2.45) is 0 Å². The number of fused-ring (bicyclic) bond motifs is 3. The van der Waals surface area contributed by atoms with Gasteiger partial charge >= 0.3 is 20.1 Å². The van der Waals surface area contributed by atoms with E-state index in [9.17, 15) is 9.87 Å². The van der Waals surface area contributed by atoms with E-state index in [4.69, 9.17) is 17.1 Å². The van der Waals surface area contributed by atoms with E-state index in [0.29, 0.717) is 40.5 Å². The van der Waals surface area contributed by atoms with Gasteiger partial charge in [-0.25, -0.2) is 4.39 Å². The number of rotatable bonds is 14. The van der Waals surface area contributed by atoms with Crippen LogP contribution in [0.1, 0.15) is 82.1 Å². The summed E-state index contributed by atoms with van der Waals surface area (Å²) in [5.74, 6) is -0.961. The molecule has 4 nitrogen and oxygen atoms in total. The van der Waals surface area contributed by atoms with E-state index in [1.165, 1.54) is 12.3 Å². The van der Waals surface area contributed by atoms with Gasteiger partial charge in [0.25, 0.3) is 0 Å². The Morgan fingerprint density at radius 2 is 1.16 bits per heavy atom. The molecule has 2 unspecified atom stereocenters. The largest absolute Gasteiger partial charge is 3.00 e. The van der Waals surface area contributed by atoms with E-state index < -0.39 is 30.6 Å². The van der Waals surface area contributed by atoms with Crippen LogP contribution in [0.3, 0.4) is 0 Å². The number of furan rings is 1. The summed E-state index contributed by atoms with van der Waals surface area (Å²) in [4.78, 5) is 14.3. The summed E-state index contributed by atoms with van der Waals surface area (Å²) in [6.07, 6.45) is 2.81. The number of hydrogen-bond donors (Lipinski definition) is 0. The van der Waals surface area contributed by atoms with Gasteiger partial charge in [0.15, 0.2) is 0 Å². The quantitative estimate of drug-likeness (QED) is 0.102. The van der Waals surface area contributed by atoms with Crippen LogP contribution in [0.4, 0.5) is 4.39 Å². The fourth-order valence-electron chi connectivity index (χ4n) is 8.22. The molecule has 0 aliphatic heterocycles. The van der Waals surface area contributed by atoms with E-state index in [0.717, 1.165) is 57.6 Å². The van der Waals surface area contributed by atoms with Gasteiger partial charge in [0, 0.05) is 35.5 Å². The summed E-state index contributed by atoms with van der Waals surface area (Å²) >= 11 is 0. The Hall–Kier alpha value is -6.07. The Kier molecular flexibility index (Phi) is 10.8. The molecule has 0 aliphatic carbocycles. The van der Waals surface area contributed by atoms with Gasteiger partial charge in [0.2, 0.25) is 0 Å². The molecule has 0 bridgehead atoms. The minimum atomic E-state index is -2.54. The first kappa shape index (κ1) is 36.4. The Labute approximate surface area is 392 Å². The fourth-order valence-corrected chi connectivity index (χ4v) is 8.22. The van der Waals surface area contributed by atoms with Crippen LogP contribution >= 0.6 is 0 Å². The van der Waals surface area contributed by atoms with Crippen molar-refractivity contribution in [3.8, 4) is 33.8 Å². The normalized spacial score (nSPS) is 15.2. The van der Waals surface area contributed by atoms with Gasteiger partial charge < -0.3 is 19.4 Å². The van der Waals surface area contributed by atoms with Crippen LogP contribution in [-0.2, 0) is 56.5 Å². The molecule has 0 aliphatic rings. The average molecular weight is 1010 g/mol. The van der Waals surface area contributed by atoms with Gasteiger partial charge in [0.1, 0.15) is 11.4 Å². The third-order valence-corrected chi connectivity index (χ3v) is 12.3. The number of halogens is 1. The number of benzene rings is 5. The van der Waals surface area contributed by atoms with Crippen molar-refractivity contribution in [3.63, 3.8) is 0 Å². The van der Waals surface area contributed by atoms with Crippen LogP contribution in [0.5, 0.6) is 0 Å². The maximum absolute atomic E-state index is 14.4. The van der Waals surface area contributed by atoms with E-state index >= 15 is 0 Å². The van der Waals surface area contributed by atoms with Crippen LogP contribution in [0.15, 0.2) is 156 Å². The summed E-state index contributed by atoms with van der Waals surface area (Å²) in [5, 5.41) is 0.973. The first-order chi connectivity index (χ1) is 32.5. The summed E-state index contributed by atoms with van der Waals surface area (Å²) in [6, 6.07) is 46.1. The maximum Gasteiger partial charge on any atom is 3.00 e. The molecule has 314 valence electrons. The second-order valence-corrected chi connectivity index (χ2v) is 16.5. The minimum absolute atomic E-state index is 0. The molecular formula is C57H49FIrN3O. The number of nitrogens with zero attached hydrogens (tertiary/aromatic N) is 3. The number of aryl methyl sites for hydroxylation is 2. The molecule has 0 spiro atoms. The van der Waals surface area contributed by atoms with E-state index in [2.05, 4.69) is 69.1 Å². The SMILES string of the molecule is [2H]c1cc2c(oc3c[c-]c(-c4ccc(C([2H])([2H])C([2H])([2H])c5cc(CC(C)(CC)c6ccc(-c7[c-]cccc7)nc6)cc(CC(C)(CC)c6ccc(-c7[c-]cccc7)nc6)c5)cn4)cc32)c([2H])c1F.[Ir+3]. The molecule has 0 radical (unpaired) electrons. The molecule has 4 aromatic heterocycles. The zero-order valence-corrected chi connectivity index (χ0v) is 38.0. The Bertz CT molecular complexity index is 3140. The van der Waals surface area contributed by atoms with Crippen LogP contribution < -0.4 is 0 Å². The van der Waals surface area contributed by atoms with Gasteiger partial charge in [-0.2, -0.15) is 0 Å². The molecule has 0 N–H and O–H groups in total. The molecule has 9 aromatic rings. The van der Waals surface area contributed by atoms with Crippen molar-refractivity contribution in [3.05, 3.63) is 209 Å². The molecular weight excluding hydrogens is 954 g/mol. The molecule has 5 aromatic carbocycles. The standard InChI is InChI=1S/C57H49FN3O.Ir/c1-5-56(3,46-21-26-51(60-37-46)43-13-9-7-10-14-43)34-41-29-40(30-42(31-41)35-57(4,6-2)47-22-27-52(61-38-47)44-15-11-8-12-16-44)18-17-39-19-25-53(59-36-39)45-20-28-54-50(32-45)49-24-23-48(58)33-55(49)62-54;/h7-13,15,19,21-33,36-38H,5-6,17-18,34-35H2,1-4H3;/q-3;+3/i17D2,18D2,23D,33D;. The molecule has 0 amide bonds. The zero-order valence-electron chi connectivity index (χ0n) is 41.6. The topological polar surface area (TPSA) is 51.8 Å². The monoisotopic (exact) mass is 1010 g/mol. The molecule has 0 saturated carbocycles. The molecule has 2 atom stereocenters. The maximum atomic E-state index is 14.4. The van der Waals surface area contributed by atoms with Crippen LogP contribution in [0.2, 0.25) is 0 Å². The summed E-state index contributed by atoms with van der Waals surface area (Å²) in [5.41, 5.74) is 8.22. The summed E-state index contributed by atoms with van der Waals surface area (Å²) in [7, 11) is 0. The zero-order chi connectivity index (χ0) is 48.0. The second kappa shape index (κ2) is 18.7. The van der Waals surface area contributed by atoms with Crippen molar-refractivity contribution in [1.82, 2.24) is 15.0 Å². The van der Waals surface area contributed by atoms with Crippen molar-refractivity contribution in [2.75, 3.05) is 0 Å². The first-order valence-corrected chi connectivity index (χ1v) is 21.0. The van der Waals surface area contributed by atoms with E-state index in [1.54, 1.807) is 24.3 Å². The first-order valence-electron chi connectivity index (χ1n) is 24.0. The van der Waals surface area contributed by atoms with Gasteiger partial charge in [-0.15, -0.1) is 95.6 Å². The fraction of sp³-hybridized carbons (Fsp3) is 0.211. The smallest absolute Gasteiger partial charge is 0.500 e. The Morgan fingerprint density at radius 3 is 1.68 bits per heavy atom. The van der Waals surface area contributed by atoms with Crippen molar-refractivity contribution in [2.45, 2.75) is 77.0 Å².